The van der Waals surface area contributed by atoms with Gasteiger partial charge in [-0.1, -0.05) is 0 Å². The van der Waals surface area contributed by atoms with E-state index in [2.05, 4.69) is 19.2 Å². The minimum Gasteiger partial charge on any atom is -0.402 e. The standard InChI is InChI=1S/C24H30F3N5O3/c25-24(26,27)35-21-9-17(11-29-22(21)28)18-12-32(23(30-18)14-1-4-34-13-14)20-10-19(15-7-16(20)8-15)31-2-5-33-6-3-31/h9,11-12,14-16,19-20H,1-8,10,13H2,(H2,28,29)/t14?,15?,16?,19?,20-/m0/s1. The van der Waals surface area contributed by atoms with Crippen molar-refractivity contribution in [1.29, 1.82) is 0 Å². The minimum atomic E-state index is -4.85. The molecule has 0 amide bonds. The van der Waals surface area contributed by atoms with Crippen LogP contribution in [0.4, 0.5) is 19.0 Å². The average Bonchev–Trinajstić information content (AvgIpc) is 3.49. The number of imidazole rings is 1. The zero-order valence-corrected chi connectivity index (χ0v) is 19.4. The van der Waals surface area contributed by atoms with E-state index in [1.807, 2.05) is 6.20 Å². The van der Waals surface area contributed by atoms with Crippen molar-refractivity contribution >= 4 is 5.82 Å². The summed E-state index contributed by atoms with van der Waals surface area (Å²) in [4.78, 5) is 11.5. The third-order valence-corrected chi connectivity index (χ3v) is 8.11. The highest BCUT2D eigenvalue weighted by Crippen LogP contribution is 2.53. The van der Waals surface area contributed by atoms with E-state index >= 15 is 0 Å². The Morgan fingerprint density at radius 2 is 1.80 bits per heavy atom. The topological polar surface area (TPSA) is 87.7 Å². The van der Waals surface area contributed by atoms with Crippen molar-refractivity contribution in [2.75, 3.05) is 45.3 Å². The molecule has 2 N–H and O–H groups in total. The first-order valence-electron chi connectivity index (χ1n) is 12.4. The van der Waals surface area contributed by atoms with Crippen LogP contribution in [0.15, 0.2) is 18.5 Å². The van der Waals surface area contributed by atoms with E-state index in [1.165, 1.54) is 25.1 Å². The predicted molar refractivity (Wildman–Crippen MR) is 121 cm³/mol. The van der Waals surface area contributed by atoms with Crippen molar-refractivity contribution in [3.8, 4) is 17.0 Å². The number of halogens is 3. The second-order valence-corrected chi connectivity index (χ2v) is 10.1. The second-order valence-electron chi connectivity index (χ2n) is 10.1. The maximum atomic E-state index is 12.9. The molecule has 2 saturated heterocycles. The number of rotatable bonds is 5. The summed E-state index contributed by atoms with van der Waals surface area (Å²) < 4.78 is 56.2. The Bertz CT molecular complexity index is 1060. The highest BCUT2D eigenvalue weighted by atomic mass is 19.4. The molecule has 2 unspecified atom stereocenters. The maximum absolute atomic E-state index is 12.9. The Morgan fingerprint density at radius 3 is 2.51 bits per heavy atom. The van der Waals surface area contributed by atoms with Crippen molar-refractivity contribution in [2.24, 2.45) is 11.8 Å². The average molecular weight is 494 g/mol. The molecular weight excluding hydrogens is 463 g/mol. The van der Waals surface area contributed by atoms with Crippen LogP contribution < -0.4 is 10.5 Å². The summed E-state index contributed by atoms with van der Waals surface area (Å²) in [5.41, 5.74) is 6.67. The fraction of sp³-hybridized carbons (Fsp3) is 0.667. The van der Waals surface area contributed by atoms with E-state index in [1.54, 1.807) is 0 Å². The first-order chi connectivity index (χ1) is 16.9. The van der Waals surface area contributed by atoms with Crippen molar-refractivity contribution in [2.45, 2.75) is 50.0 Å². The lowest BCUT2D eigenvalue weighted by Gasteiger charge is -2.55. The Kier molecular flexibility index (Phi) is 5.89. The lowest BCUT2D eigenvalue weighted by atomic mass is 9.59. The molecule has 2 aromatic heterocycles. The van der Waals surface area contributed by atoms with Gasteiger partial charge in [0.25, 0.3) is 0 Å². The third-order valence-electron chi connectivity index (χ3n) is 8.11. The predicted octanol–water partition coefficient (Wildman–Crippen LogP) is 3.60. The number of alkyl halides is 3. The molecule has 2 bridgehead atoms. The molecule has 5 fully saturated rings. The molecule has 7 rings (SSSR count). The summed E-state index contributed by atoms with van der Waals surface area (Å²) in [7, 11) is 0. The molecule has 190 valence electrons. The Morgan fingerprint density at radius 1 is 1.03 bits per heavy atom. The van der Waals surface area contributed by atoms with Gasteiger partial charge in [-0.05, 0) is 43.6 Å². The number of morpholine rings is 1. The first kappa shape index (κ1) is 23.1. The fourth-order valence-corrected chi connectivity index (χ4v) is 6.32. The van der Waals surface area contributed by atoms with Gasteiger partial charge in [0.2, 0.25) is 0 Å². The summed E-state index contributed by atoms with van der Waals surface area (Å²) in [5, 5.41) is 0. The number of ether oxygens (including phenoxy) is 3. The number of nitrogens with two attached hydrogens (primary N) is 1. The van der Waals surface area contributed by atoms with Gasteiger partial charge in [0.15, 0.2) is 11.6 Å². The largest absolute Gasteiger partial charge is 0.573 e. The van der Waals surface area contributed by atoms with Gasteiger partial charge in [-0.25, -0.2) is 9.97 Å². The zero-order chi connectivity index (χ0) is 24.2. The molecule has 5 aliphatic rings. The number of pyridine rings is 1. The summed E-state index contributed by atoms with van der Waals surface area (Å²) in [6, 6.07) is 2.10. The molecule has 0 aromatic carbocycles. The molecule has 3 atom stereocenters. The van der Waals surface area contributed by atoms with Crippen molar-refractivity contribution in [1.82, 2.24) is 19.4 Å². The fourth-order valence-electron chi connectivity index (χ4n) is 6.32. The number of nitrogen functional groups attached to an aromatic ring is 1. The Labute approximate surface area is 201 Å². The van der Waals surface area contributed by atoms with Crippen molar-refractivity contribution in [3.63, 3.8) is 0 Å². The summed E-state index contributed by atoms with van der Waals surface area (Å²) in [6.07, 6.45) is 2.92. The van der Waals surface area contributed by atoms with Crippen LogP contribution in [0.1, 0.15) is 43.5 Å². The van der Waals surface area contributed by atoms with Gasteiger partial charge in [0.1, 0.15) is 5.82 Å². The quantitative estimate of drug-likeness (QED) is 0.681. The van der Waals surface area contributed by atoms with Crippen LogP contribution in [0.5, 0.6) is 5.75 Å². The third kappa shape index (κ3) is 4.49. The van der Waals surface area contributed by atoms with Gasteiger partial charge in [-0.2, -0.15) is 0 Å². The van der Waals surface area contributed by atoms with E-state index in [4.69, 9.17) is 20.2 Å². The highest BCUT2D eigenvalue weighted by molar-refractivity contribution is 5.64. The summed E-state index contributed by atoms with van der Waals surface area (Å²) >= 11 is 0. The van der Waals surface area contributed by atoms with Crippen LogP contribution in [0.2, 0.25) is 0 Å². The number of nitrogens with zero attached hydrogens (tertiary/aromatic N) is 4. The Hall–Kier alpha value is -2.37. The molecular formula is C24H30F3N5O3. The number of hydrogen-bond donors (Lipinski definition) is 1. The number of hydrogen-bond acceptors (Lipinski definition) is 7. The molecule has 8 nitrogen and oxygen atoms in total. The van der Waals surface area contributed by atoms with E-state index in [0.29, 0.717) is 42.5 Å². The molecule has 3 aliphatic carbocycles. The van der Waals surface area contributed by atoms with Crippen LogP contribution in [-0.2, 0) is 9.47 Å². The molecule has 35 heavy (non-hydrogen) atoms. The van der Waals surface area contributed by atoms with E-state index in [0.717, 1.165) is 50.9 Å². The molecule has 2 aromatic rings. The van der Waals surface area contributed by atoms with Crippen molar-refractivity contribution in [3.05, 3.63) is 24.3 Å². The smallest absolute Gasteiger partial charge is 0.402 e. The van der Waals surface area contributed by atoms with Crippen LogP contribution in [0.25, 0.3) is 11.3 Å². The number of anilines is 1. The zero-order valence-electron chi connectivity index (χ0n) is 19.4. The molecule has 2 aliphatic heterocycles. The molecule has 0 spiro atoms. The van der Waals surface area contributed by atoms with Crippen LogP contribution in [0, 0.1) is 11.8 Å². The lowest BCUT2D eigenvalue weighted by Crippen LogP contribution is -2.56. The molecule has 4 heterocycles. The van der Waals surface area contributed by atoms with Gasteiger partial charge >= 0.3 is 6.36 Å². The van der Waals surface area contributed by atoms with E-state index in [-0.39, 0.29) is 11.7 Å². The van der Waals surface area contributed by atoms with Crippen LogP contribution in [-0.4, -0.2) is 71.4 Å². The normalized spacial score (nSPS) is 31.3. The van der Waals surface area contributed by atoms with Gasteiger partial charge in [-0.15, -0.1) is 13.2 Å². The van der Waals surface area contributed by atoms with Crippen molar-refractivity contribution < 1.29 is 27.4 Å². The second kappa shape index (κ2) is 8.94. The lowest BCUT2D eigenvalue weighted by molar-refractivity contribution is -0.274. The van der Waals surface area contributed by atoms with Gasteiger partial charge in [-0.3, -0.25) is 4.90 Å². The summed E-state index contributed by atoms with van der Waals surface area (Å²) in [6.45, 7) is 4.79. The van der Waals surface area contributed by atoms with Crippen LogP contribution >= 0.6 is 0 Å². The number of aromatic nitrogens is 3. The van der Waals surface area contributed by atoms with Crippen LogP contribution in [0.3, 0.4) is 0 Å². The van der Waals surface area contributed by atoms with E-state index in [9.17, 15) is 13.2 Å². The SMILES string of the molecule is Nc1ncc(-c2cn([C@H]3CC(N4CCOCC4)C4CC3C4)c(C3CCOC3)n2)cc1OC(F)(F)F. The van der Waals surface area contributed by atoms with Gasteiger partial charge in [0, 0.05) is 55.7 Å². The van der Waals surface area contributed by atoms with E-state index < -0.39 is 12.1 Å². The van der Waals surface area contributed by atoms with Gasteiger partial charge < -0.3 is 24.5 Å². The van der Waals surface area contributed by atoms with Gasteiger partial charge in [0.05, 0.1) is 25.5 Å². The molecule has 3 saturated carbocycles. The highest BCUT2D eigenvalue weighted by Gasteiger charge is 2.49. The molecule has 11 heteroatoms. The Balaban J connectivity index is 1.33. The monoisotopic (exact) mass is 493 g/mol. The minimum absolute atomic E-state index is 0.163. The maximum Gasteiger partial charge on any atom is 0.573 e. The first-order valence-corrected chi connectivity index (χ1v) is 12.4. The number of fused-ring (bicyclic) bond motifs is 2. The summed E-state index contributed by atoms with van der Waals surface area (Å²) in [5.74, 6) is 1.62. The molecule has 0 radical (unpaired) electrons.